The third kappa shape index (κ3) is 2.63. The van der Waals surface area contributed by atoms with Gasteiger partial charge in [-0.1, -0.05) is 38.1 Å². The van der Waals surface area contributed by atoms with E-state index in [9.17, 15) is 0 Å². The molecule has 16 heavy (non-hydrogen) atoms. The van der Waals surface area contributed by atoms with E-state index in [1.807, 2.05) is 0 Å². The van der Waals surface area contributed by atoms with Gasteiger partial charge in [-0.05, 0) is 23.5 Å². The van der Waals surface area contributed by atoms with Crippen molar-refractivity contribution in [3.8, 4) is 0 Å². The van der Waals surface area contributed by atoms with Crippen LogP contribution in [-0.4, -0.2) is 19.6 Å². The highest BCUT2D eigenvalue weighted by Crippen LogP contribution is 2.21. The lowest BCUT2D eigenvalue weighted by molar-refractivity contribution is 0.430. The second-order valence-corrected chi connectivity index (χ2v) is 4.69. The van der Waals surface area contributed by atoms with E-state index in [2.05, 4.69) is 48.7 Å². The molecule has 1 fully saturated rings. The summed E-state index contributed by atoms with van der Waals surface area (Å²) in [4.78, 5) is 0. The molecule has 0 amide bonds. The van der Waals surface area contributed by atoms with Gasteiger partial charge in [0.25, 0.3) is 0 Å². The topological polar surface area (TPSA) is 24.1 Å². The molecule has 0 bridgehead atoms. The Morgan fingerprint density at radius 1 is 1.25 bits per heavy atom. The number of nitrogens with one attached hydrogen (secondary N) is 2. The lowest BCUT2D eigenvalue weighted by atomic mass is 9.96. The number of hydrogen-bond donors (Lipinski definition) is 2. The van der Waals surface area contributed by atoms with Crippen molar-refractivity contribution in [3.63, 3.8) is 0 Å². The zero-order chi connectivity index (χ0) is 11.4. The maximum absolute atomic E-state index is 3.54. The summed E-state index contributed by atoms with van der Waals surface area (Å²) < 4.78 is 0. The van der Waals surface area contributed by atoms with Crippen LogP contribution < -0.4 is 10.6 Å². The van der Waals surface area contributed by atoms with Crippen LogP contribution in [0.5, 0.6) is 0 Å². The molecule has 1 aliphatic rings. The first kappa shape index (κ1) is 11.6. The summed E-state index contributed by atoms with van der Waals surface area (Å²) in [6.45, 7) is 7.72. The van der Waals surface area contributed by atoms with Gasteiger partial charge < -0.3 is 10.6 Å². The summed E-state index contributed by atoms with van der Waals surface area (Å²) >= 11 is 0. The Balaban J connectivity index is 2.06. The Bertz CT molecular complexity index is 312. The van der Waals surface area contributed by atoms with Gasteiger partial charge in [0.2, 0.25) is 0 Å². The Morgan fingerprint density at radius 3 is 2.56 bits per heavy atom. The number of piperazine rings is 1. The molecule has 0 radical (unpaired) electrons. The average molecular weight is 218 g/mol. The first-order valence-corrected chi connectivity index (χ1v) is 6.35. The van der Waals surface area contributed by atoms with Crippen molar-refractivity contribution in [2.24, 2.45) is 0 Å². The van der Waals surface area contributed by atoms with Crippen LogP contribution in [-0.2, 0) is 0 Å². The monoisotopic (exact) mass is 218 g/mol. The molecule has 0 aromatic heterocycles. The molecule has 2 unspecified atom stereocenters. The Labute approximate surface area is 98.4 Å². The van der Waals surface area contributed by atoms with E-state index in [1.54, 1.807) is 0 Å². The molecular formula is C14H22N2. The maximum atomic E-state index is 3.54. The van der Waals surface area contributed by atoms with E-state index >= 15 is 0 Å². The third-order valence-corrected chi connectivity index (χ3v) is 3.56. The molecule has 1 aromatic carbocycles. The predicted octanol–water partition coefficient (Wildman–Crippen LogP) is 2.43. The molecule has 0 spiro atoms. The second kappa shape index (κ2) is 5.46. The largest absolute Gasteiger partial charge is 0.314 e. The molecule has 2 rings (SSSR count). The fourth-order valence-corrected chi connectivity index (χ4v) is 2.18. The van der Waals surface area contributed by atoms with Crippen molar-refractivity contribution in [1.29, 1.82) is 0 Å². The molecular weight excluding hydrogens is 196 g/mol. The highest BCUT2D eigenvalue weighted by molar-refractivity contribution is 5.27. The average Bonchev–Trinajstić information content (AvgIpc) is 2.39. The molecule has 1 aliphatic heterocycles. The molecule has 2 atom stereocenters. The zero-order valence-corrected chi connectivity index (χ0v) is 10.3. The quantitative estimate of drug-likeness (QED) is 0.814. The fraction of sp³-hybridized carbons (Fsp3) is 0.571. The summed E-state index contributed by atoms with van der Waals surface area (Å²) in [5.74, 6) is 0.673. The molecule has 1 saturated heterocycles. The van der Waals surface area contributed by atoms with Gasteiger partial charge in [-0.25, -0.2) is 0 Å². The van der Waals surface area contributed by atoms with E-state index in [-0.39, 0.29) is 0 Å². The van der Waals surface area contributed by atoms with Gasteiger partial charge in [-0.3, -0.25) is 0 Å². The minimum absolute atomic E-state index is 0.486. The Hall–Kier alpha value is -0.860. The van der Waals surface area contributed by atoms with Crippen LogP contribution in [0.25, 0.3) is 0 Å². The van der Waals surface area contributed by atoms with Gasteiger partial charge in [0, 0.05) is 25.7 Å². The molecule has 0 aliphatic carbocycles. The standard InChI is InChI=1S/C14H22N2/c1-3-11(2)12-4-6-13(7-5-12)14-10-15-8-9-16-14/h4-7,11,14-16H,3,8-10H2,1-2H3. The van der Waals surface area contributed by atoms with Gasteiger partial charge >= 0.3 is 0 Å². The van der Waals surface area contributed by atoms with Gasteiger partial charge in [0.15, 0.2) is 0 Å². The van der Waals surface area contributed by atoms with Crippen molar-refractivity contribution >= 4 is 0 Å². The van der Waals surface area contributed by atoms with Crippen LogP contribution >= 0.6 is 0 Å². The lowest BCUT2D eigenvalue weighted by Crippen LogP contribution is -2.42. The van der Waals surface area contributed by atoms with Gasteiger partial charge in [0.05, 0.1) is 0 Å². The summed E-state index contributed by atoms with van der Waals surface area (Å²) in [6.07, 6.45) is 1.21. The van der Waals surface area contributed by atoms with E-state index in [0.717, 1.165) is 19.6 Å². The van der Waals surface area contributed by atoms with Crippen molar-refractivity contribution in [1.82, 2.24) is 10.6 Å². The number of hydrogen-bond acceptors (Lipinski definition) is 2. The van der Waals surface area contributed by atoms with Crippen molar-refractivity contribution < 1.29 is 0 Å². The van der Waals surface area contributed by atoms with Gasteiger partial charge in [-0.15, -0.1) is 0 Å². The van der Waals surface area contributed by atoms with E-state index in [4.69, 9.17) is 0 Å². The lowest BCUT2D eigenvalue weighted by Gasteiger charge is -2.25. The smallest absolute Gasteiger partial charge is 0.0447 e. The highest BCUT2D eigenvalue weighted by Gasteiger charge is 2.14. The molecule has 1 aromatic rings. The first-order valence-electron chi connectivity index (χ1n) is 6.35. The van der Waals surface area contributed by atoms with E-state index in [1.165, 1.54) is 17.5 Å². The predicted molar refractivity (Wildman–Crippen MR) is 68.8 cm³/mol. The maximum Gasteiger partial charge on any atom is 0.0447 e. The Morgan fingerprint density at radius 2 is 2.00 bits per heavy atom. The van der Waals surface area contributed by atoms with Crippen LogP contribution in [0.3, 0.4) is 0 Å². The second-order valence-electron chi connectivity index (χ2n) is 4.69. The van der Waals surface area contributed by atoms with Crippen molar-refractivity contribution in [2.45, 2.75) is 32.2 Å². The summed E-state index contributed by atoms with van der Waals surface area (Å²) in [5.41, 5.74) is 2.86. The molecule has 2 nitrogen and oxygen atoms in total. The number of rotatable bonds is 3. The summed E-state index contributed by atoms with van der Waals surface area (Å²) in [6, 6.07) is 9.58. The van der Waals surface area contributed by atoms with Gasteiger partial charge in [-0.2, -0.15) is 0 Å². The normalized spacial score (nSPS) is 23.0. The summed E-state index contributed by atoms with van der Waals surface area (Å²) in [7, 11) is 0. The van der Waals surface area contributed by atoms with Crippen LogP contribution in [0.15, 0.2) is 24.3 Å². The third-order valence-electron chi connectivity index (χ3n) is 3.56. The minimum Gasteiger partial charge on any atom is -0.314 e. The zero-order valence-electron chi connectivity index (χ0n) is 10.3. The Kier molecular flexibility index (Phi) is 3.97. The van der Waals surface area contributed by atoms with Crippen LogP contribution in [0.1, 0.15) is 43.4 Å². The molecule has 88 valence electrons. The van der Waals surface area contributed by atoms with E-state index in [0.29, 0.717) is 12.0 Å². The van der Waals surface area contributed by atoms with Crippen LogP contribution in [0.4, 0.5) is 0 Å². The molecule has 2 N–H and O–H groups in total. The van der Waals surface area contributed by atoms with Crippen LogP contribution in [0, 0.1) is 0 Å². The number of benzene rings is 1. The van der Waals surface area contributed by atoms with Crippen LogP contribution in [0.2, 0.25) is 0 Å². The minimum atomic E-state index is 0.486. The molecule has 2 heteroatoms. The highest BCUT2D eigenvalue weighted by atomic mass is 15.1. The summed E-state index contributed by atoms with van der Waals surface area (Å²) in [5, 5.41) is 6.95. The van der Waals surface area contributed by atoms with Crippen molar-refractivity contribution in [2.75, 3.05) is 19.6 Å². The molecule has 0 saturated carbocycles. The van der Waals surface area contributed by atoms with Crippen molar-refractivity contribution in [3.05, 3.63) is 35.4 Å². The first-order chi connectivity index (χ1) is 7.81. The molecule has 1 heterocycles. The SMILES string of the molecule is CCC(C)c1ccc(C2CNCCN2)cc1. The van der Waals surface area contributed by atoms with E-state index < -0.39 is 0 Å². The fourth-order valence-electron chi connectivity index (χ4n) is 2.18. The van der Waals surface area contributed by atoms with Gasteiger partial charge in [0.1, 0.15) is 0 Å².